The first kappa shape index (κ1) is 21.1. The number of ether oxygens (including phenoxy) is 1. The Morgan fingerprint density at radius 1 is 1.13 bits per heavy atom. The highest BCUT2D eigenvalue weighted by Gasteiger charge is 2.44. The molecule has 3 rings (SSSR count). The molecule has 30 heavy (non-hydrogen) atoms. The molecular weight excluding hydrogens is 384 g/mol. The largest absolute Gasteiger partial charge is 0.503 e. The smallest absolute Gasteiger partial charge is 0.294 e. The van der Waals surface area contributed by atoms with Gasteiger partial charge in [0.25, 0.3) is 5.91 Å². The molecule has 7 nitrogen and oxygen atoms in total. The number of nitrogens with zero attached hydrogens (tertiary/aromatic N) is 1. The molecule has 0 fully saturated rings. The first-order chi connectivity index (χ1) is 14.2. The standard InChI is InChI=1S/C23H24N2O5/c1-13(2)21(27)19-20(15-6-5-7-18(12-15)30-4)25(23(29)22(19)28)17-10-8-16(9-11-17)24-14(3)26/h5-13,20,28H,1-4H3,(H,24,26). The summed E-state index contributed by atoms with van der Waals surface area (Å²) in [5.74, 6) is -1.54. The van der Waals surface area contributed by atoms with Crippen LogP contribution >= 0.6 is 0 Å². The summed E-state index contributed by atoms with van der Waals surface area (Å²) in [6.07, 6.45) is 0. The van der Waals surface area contributed by atoms with E-state index in [4.69, 9.17) is 4.74 Å². The average molecular weight is 408 g/mol. The molecule has 1 heterocycles. The van der Waals surface area contributed by atoms with Crippen LogP contribution in [0.3, 0.4) is 0 Å². The minimum atomic E-state index is -0.797. The highest BCUT2D eigenvalue weighted by atomic mass is 16.5. The molecule has 1 aliphatic heterocycles. The fourth-order valence-electron chi connectivity index (χ4n) is 3.47. The minimum absolute atomic E-state index is 0.0641. The fourth-order valence-corrected chi connectivity index (χ4v) is 3.47. The van der Waals surface area contributed by atoms with Gasteiger partial charge in [0.2, 0.25) is 5.91 Å². The zero-order valence-corrected chi connectivity index (χ0v) is 17.3. The molecule has 156 valence electrons. The molecular formula is C23H24N2O5. The van der Waals surface area contributed by atoms with Crippen LogP contribution in [-0.2, 0) is 14.4 Å². The summed E-state index contributed by atoms with van der Waals surface area (Å²) in [5.41, 5.74) is 1.77. The Bertz CT molecular complexity index is 1020. The molecule has 1 unspecified atom stereocenters. The van der Waals surface area contributed by atoms with Crippen LogP contribution in [0.4, 0.5) is 11.4 Å². The first-order valence-electron chi connectivity index (χ1n) is 9.57. The van der Waals surface area contributed by atoms with Crippen molar-refractivity contribution in [2.24, 2.45) is 5.92 Å². The molecule has 0 saturated heterocycles. The van der Waals surface area contributed by atoms with Gasteiger partial charge in [-0.3, -0.25) is 19.3 Å². The van der Waals surface area contributed by atoms with Crippen molar-refractivity contribution < 1.29 is 24.2 Å². The molecule has 0 bridgehead atoms. The summed E-state index contributed by atoms with van der Waals surface area (Å²) in [5, 5.41) is 13.3. The van der Waals surface area contributed by atoms with E-state index < -0.39 is 23.6 Å². The number of carbonyl (C=O) groups is 3. The van der Waals surface area contributed by atoms with Gasteiger partial charge in [0.05, 0.1) is 18.7 Å². The van der Waals surface area contributed by atoms with Crippen LogP contribution in [0.25, 0.3) is 0 Å². The number of hydrogen-bond acceptors (Lipinski definition) is 5. The summed E-state index contributed by atoms with van der Waals surface area (Å²) in [7, 11) is 1.53. The normalized spacial score (nSPS) is 16.2. The Labute approximate surface area is 175 Å². The molecule has 0 radical (unpaired) electrons. The van der Waals surface area contributed by atoms with Crippen molar-refractivity contribution in [1.82, 2.24) is 0 Å². The van der Waals surface area contributed by atoms with Crippen molar-refractivity contribution in [3.8, 4) is 5.75 Å². The Balaban J connectivity index is 2.12. The van der Waals surface area contributed by atoms with Crippen LogP contribution in [0.1, 0.15) is 32.4 Å². The number of aliphatic hydroxyl groups is 1. The first-order valence-corrected chi connectivity index (χ1v) is 9.57. The molecule has 7 heteroatoms. The summed E-state index contributed by atoms with van der Waals surface area (Å²) in [6.45, 7) is 4.85. The number of nitrogens with one attached hydrogen (secondary N) is 1. The average Bonchev–Trinajstić information content (AvgIpc) is 2.98. The number of carbonyl (C=O) groups excluding carboxylic acids is 3. The number of hydrogen-bond donors (Lipinski definition) is 2. The molecule has 0 saturated carbocycles. The maximum atomic E-state index is 13.0. The second kappa shape index (κ2) is 8.41. The zero-order chi connectivity index (χ0) is 22.0. The van der Waals surface area contributed by atoms with Crippen molar-refractivity contribution >= 4 is 29.0 Å². The number of amides is 2. The van der Waals surface area contributed by atoms with Crippen LogP contribution < -0.4 is 15.0 Å². The second-order valence-corrected chi connectivity index (χ2v) is 7.36. The number of aliphatic hydroxyl groups excluding tert-OH is 1. The maximum Gasteiger partial charge on any atom is 0.294 e. The van der Waals surface area contributed by atoms with Gasteiger partial charge in [-0.1, -0.05) is 26.0 Å². The van der Waals surface area contributed by atoms with E-state index in [1.54, 1.807) is 62.4 Å². The van der Waals surface area contributed by atoms with Gasteiger partial charge in [0.15, 0.2) is 11.5 Å². The van der Waals surface area contributed by atoms with E-state index in [2.05, 4.69) is 5.32 Å². The quantitative estimate of drug-likeness (QED) is 0.758. The third-order valence-electron chi connectivity index (χ3n) is 4.87. The van der Waals surface area contributed by atoms with Crippen LogP contribution in [0.5, 0.6) is 5.75 Å². The van der Waals surface area contributed by atoms with E-state index in [1.165, 1.54) is 18.9 Å². The van der Waals surface area contributed by atoms with E-state index in [1.807, 2.05) is 0 Å². The van der Waals surface area contributed by atoms with E-state index >= 15 is 0 Å². The van der Waals surface area contributed by atoms with E-state index in [9.17, 15) is 19.5 Å². The molecule has 0 spiro atoms. The van der Waals surface area contributed by atoms with Gasteiger partial charge in [-0.15, -0.1) is 0 Å². The lowest BCUT2D eigenvalue weighted by atomic mass is 9.91. The lowest BCUT2D eigenvalue weighted by Gasteiger charge is -2.27. The lowest BCUT2D eigenvalue weighted by Crippen LogP contribution is -2.31. The number of Topliss-reactive ketones (excluding diaryl/α,β-unsaturated/α-hetero) is 1. The van der Waals surface area contributed by atoms with Crippen LogP contribution in [-0.4, -0.2) is 29.8 Å². The van der Waals surface area contributed by atoms with Crippen molar-refractivity contribution in [3.05, 3.63) is 65.4 Å². The van der Waals surface area contributed by atoms with Crippen LogP contribution in [0.15, 0.2) is 59.9 Å². The number of ketones is 1. The Morgan fingerprint density at radius 2 is 1.80 bits per heavy atom. The Kier molecular flexibility index (Phi) is 5.91. The topological polar surface area (TPSA) is 95.9 Å². The SMILES string of the molecule is COc1cccc(C2C(C(=O)C(C)C)=C(O)C(=O)N2c2ccc(NC(C)=O)cc2)c1. The maximum absolute atomic E-state index is 13.0. The molecule has 2 amide bonds. The summed E-state index contributed by atoms with van der Waals surface area (Å²) in [6, 6.07) is 12.9. The van der Waals surface area contributed by atoms with Crippen molar-refractivity contribution in [2.45, 2.75) is 26.8 Å². The van der Waals surface area contributed by atoms with E-state index in [-0.39, 0.29) is 17.3 Å². The Morgan fingerprint density at radius 3 is 2.37 bits per heavy atom. The number of benzene rings is 2. The molecule has 2 aromatic carbocycles. The highest BCUT2D eigenvalue weighted by molar-refractivity contribution is 6.16. The Hall–Kier alpha value is -3.61. The van der Waals surface area contributed by atoms with E-state index in [0.717, 1.165) is 0 Å². The number of anilines is 2. The van der Waals surface area contributed by atoms with Crippen molar-refractivity contribution in [1.29, 1.82) is 0 Å². The van der Waals surface area contributed by atoms with Gasteiger partial charge in [0, 0.05) is 24.2 Å². The molecule has 1 atom stereocenters. The minimum Gasteiger partial charge on any atom is -0.503 e. The van der Waals surface area contributed by atoms with Crippen molar-refractivity contribution in [3.63, 3.8) is 0 Å². The molecule has 1 aliphatic rings. The van der Waals surface area contributed by atoms with Gasteiger partial charge in [-0.2, -0.15) is 0 Å². The third kappa shape index (κ3) is 3.91. The summed E-state index contributed by atoms with van der Waals surface area (Å²) >= 11 is 0. The predicted octanol–water partition coefficient (Wildman–Crippen LogP) is 3.78. The number of methoxy groups -OCH3 is 1. The van der Waals surface area contributed by atoms with E-state index in [0.29, 0.717) is 22.7 Å². The molecule has 0 aliphatic carbocycles. The van der Waals surface area contributed by atoms with Gasteiger partial charge >= 0.3 is 0 Å². The lowest BCUT2D eigenvalue weighted by molar-refractivity contribution is -0.119. The van der Waals surface area contributed by atoms with Gasteiger partial charge < -0.3 is 15.2 Å². The third-order valence-corrected chi connectivity index (χ3v) is 4.87. The molecule has 2 aromatic rings. The molecule has 2 N–H and O–H groups in total. The van der Waals surface area contributed by atoms with Crippen LogP contribution in [0, 0.1) is 5.92 Å². The van der Waals surface area contributed by atoms with Gasteiger partial charge in [-0.25, -0.2) is 0 Å². The molecule has 0 aromatic heterocycles. The summed E-state index contributed by atoms with van der Waals surface area (Å²) in [4.78, 5) is 38.6. The number of rotatable bonds is 6. The monoisotopic (exact) mass is 408 g/mol. The van der Waals surface area contributed by atoms with Gasteiger partial charge in [0.1, 0.15) is 5.75 Å². The summed E-state index contributed by atoms with van der Waals surface area (Å²) < 4.78 is 5.30. The van der Waals surface area contributed by atoms with Crippen LogP contribution in [0.2, 0.25) is 0 Å². The van der Waals surface area contributed by atoms with Crippen molar-refractivity contribution in [2.75, 3.05) is 17.3 Å². The van der Waals surface area contributed by atoms with Gasteiger partial charge in [-0.05, 0) is 42.0 Å². The fraction of sp³-hybridized carbons (Fsp3) is 0.261. The highest BCUT2D eigenvalue weighted by Crippen LogP contribution is 2.42. The zero-order valence-electron chi connectivity index (χ0n) is 17.3. The predicted molar refractivity (Wildman–Crippen MR) is 113 cm³/mol. The second-order valence-electron chi connectivity index (χ2n) is 7.36.